The summed E-state index contributed by atoms with van der Waals surface area (Å²) in [5.41, 5.74) is 0.713. The van der Waals surface area contributed by atoms with Crippen LogP contribution in [-0.4, -0.2) is 72.2 Å². The Morgan fingerprint density at radius 1 is 1.00 bits per heavy atom. The van der Waals surface area contributed by atoms with Gasteiger partial charge in [-0.15, -0.1) is 0 Å². The lowest BCUT2D eigenvalue weighted by atomic mass is 9.72. The number of hydrogen-bond donors (Lipinski definition) is 4. The minimum Gasteiger partial charge on any atom is -0.534 e. The molecule has 9 heteroatoms. The molecule has 0 spiro atoms. The number of fused-ring (bicyclic) bond motifs is 1. The lowest BCUT2D eigenvalue weighted by Crippen LogP contribution is -2.53. The molecule has 0 radical (unpaired) electrons. The van der Waals surface area contributed by atoms with E-state index in [1.165, 1.54) is 44.8 Å². The molecule has 0 bridgehead atoms. The molecule has 36 heavy (non-hydrogen) atoms. The third-order valence-electron chi connectivity index (χ3n) is 8.30. The van der Waals surface area contributed by atoms with Crippen molar-refractivity contribution < 1.29 is 24.4 Å². The molecule has 3 fully saturated rings. The summed E-state index contributed by atoms with van der Waals surface area (Å²) in [6.07, 6.45) is 10.7. The van der Waals surface area contributed by atoms with Gasteiger partial charge in [0, 0.05) is 38.6 Å². The van der Waals surface area contributed by atoms with Gasteiger partial charge in [0.1, 0.15) is 5.75 Å². The molecule has 0 saturated heterocycles. The van der Waals surface area contributed by atoms with E-state index in [0.29, 0.717) is 30.4 Å². The van der Waals surface area contributed by atoms with Gasteiger partial charge in [-0.2, -0.15) is 0 Å². The summed E-state index contributed by atoms with van der Waals surface area (Å²) in [6, 6.07) is 5.43. The standard InChI is InChI=1S/C27H40BN3O5/c32-25(30-24-15-21-2-1-3-23(27(33)34)26(21)36-28(24)35)14-18-8-10-22(11-9-18)29-12-13-31(16-19-4-5-19)17-20-6-7-20/h1-3,18-20,22,24,29,35H,4-17H2,(H,30,32)(H,33,34)/t18-,22-,24-/m0/s1. The smallest absolute Gasteiger partial charge is 0.534 e. The molecule has 1 amide bonds. The molecule has 5 rings (SSSR count). The van der Waals surface area contributed by atoms with Crippen LogP contribution in [0.25, 0.3) is 0 Å². The molecule has 1 aromatic carbocycles. The maximum Gasteiger partial charge on any atom is 0.547 e. The molecule has 3 aliphatic carbocycles. The van der Waals surface area contributed by atoms with Gasteiger partial charge in [-0.1, -0.05) is 12.1 Å². The van der Waals surface area contributed by atoms with Gasteiger partial charge < -0.3 is 30.3 Å². The number of rotatable bonds is 12. The van der Waals surface area contributed by atoms with Gasteiger partial charge in [0.05, 0.1) is 11.5 Å². The Labute approximate surface area is 214 Å². The number of aromatic carboxylic acids is 1. The monoisotopic (exact) mass is 497 g/mol. The van der Waals surface area contributed by atoms with Crippen LogP contribution in [-0.2, 0) is 11.2 Å². The van der Waals surface area contributed by atoms with Gasteiger partial charge in [0.25, 0.3) is 0 Å². The molecule has 1 atom stereocenters. The quantitative estimate of drug-likeness (QED) is 0.329. The van der Waals surface area contributed by atoms with E-state index in [4.69, 9.17) is 4.65 Å². The van der Waals surface area contributed by atoms with Crippen LogP contribution in [0.1, 0.15) is 73.7 Å². The van der Waals surface area contributed by atoms with E-state index in [-0.39, 0.29) is 17.2 Å². The van der Waals surface area contributed by atoms with E-state index in [2.05, 4.69) is 15.5 Å². The fraction of sp³-hybridized carbons (Fsp3) is 0.704. The zero-order valence-electron chi connectivity index (χ0n) is 21.2. The molecule has 1 aromatic rings. The minimum atomic E-state index is -1.26. The van der Waals surface area contributed by atoms with Gasteiger partial charge in [0.15, 0.2) is 0 Å². The van der Waals surface area contributed by atoms with Crippen LogP contribution in [0, 0.1) is 17.8 Å². The van der Waals surface area contributed by atoms with Crippen molar-refractivity contribution in [2.45, 2.75) is 76.2 Å². The summed E-state index contributed by atoms with van der Waals surface area (Å²) in [5.74, 6) is 0.690. The highest BCUT2D eigenvalue weighted by atomic mass is 16.5. The van der Waals surface area contributed by atoms with E-state index in [1.807, 2.05) is 0 Å². The van der Waals surface area contributed by atoms with Gasteiger partial charge >= 0.3 is 13.1 Å². The second-order valence-corrected chi connectivity index (χ2v) is 11.5. The molecule has 8 nitrogen and oxygen atoms in total. The Hall–Kier alpha value is -2.10. The van der Waals surface area contributed by atoms with Crippen molar-refractivity contribution in [2.24, 2.45) is 17.8 Å². The molecule has 3 saturated carbocycles. The van der Waals surface area contributed by atoms with Crippen molar-refractivity contribution in [2.75, 3.05) is 26.2 Å². The molecular formula is C27H40BN3O5. The first-order valence-corrected chi connectivity index (χ1v) is 13.9. The molecule has 196 valence electrons. The lowest BCUT2D eigenvalue weighted by Gasteiger charge is -2.31. The second-order valence-electron chi connectivity index (χ2n) is 11.5. The Morgan fingerprint density at radius 3 is 2.31 bits per heavy atom. The number of amides is 1. The topological polar surface area (TPSA) is 111 Å². The van der Waals surface area contributed by atoms with Crippen molar-refractivity contribution >= 4 is 19.0 Å². The van der Waals surface area contributed by atoms with Crippen molar-refractivity contribution in [3.8, 4) is 5.75 Å². The predicted octanol–water partition coefficient (Wildman–Crippen LogP) is 2.48. The summed E-state index contributed by atoms with van der Waals surface area (Å²) >= 11 is 0. The minimum absolute atomic E-state index is 0.0280. The number of nitrogens with zero attached hydrogens (tertiary/aromatic N) is 1. The molecule has 4 N–H and O–H groups in total. The normalized spacial score (nSPS) is 25.8. The van der Waals surface area contributed by atoms with Crippen molar-refractivity contribution in [1.29, 1.82) is 0 Å². The van der Waals surface area contributed by atoms with Crippen LogP contribution < -0.4 is 15.3 Å². The van der Waals surface area contributed by atoms with E-state index >= 15 is 0 Å². The first-order chi connectivity index (χ1) is 17.4. The zero-order valence-corrected chi connectivity index (χ0v) is 21.2. The number of hydrogen-bond acceptors (Lipinski definition) is 6. The van der Waals surface area contributed by atoms with E-state index in [0.717, 1.165) is 50.6 Å². The van der Waals surface area contributed by atoms with Crippen LogP contribution in [0.5, 0.6) is 5.75 Å². The molecule has 0 aromatic heterocycles. The zero-order chi connectivity index (χ0) is 25.1. The predicted molar refractivity (Wildman–Crippen MR) is 138 cm³/mol. The number of carbonyl (C=O) groups is 2. The van der Waals surface area contributed by atoms with E-state index < -0.39 is 19.0 Å². The molecule has 4 aliphatic rings. The fourth-order valence-corrected chi connectivity index (χ4v) is 5.83. The Bertz CT molecular complexity index is 916. The Balaban J connectivity index is 1.01. The van der Waals surface area contributed by atoms with Crippen molar-refractivity contribution in [3.05, 3.63) is 29.3 Å². The number of para-hydroxylation sites is 1. The maximum atomic E-state index is 12.7. The third-order valence-corrected chi connectivity index (χ3v) is 8.30. The Kier molecular flexibility index (Phi) is 8.18. The highest BCUT2D eigenvalue weighted by molar-refractivity contribution is 6.47. The molecular weight excluding hydrogens is 457 g/mol. The van der Waals surface area contributed by atoms with Gasteiger partial charge in [-0.05, 0) is 87.2 Å². The number of nitrogens with one attached hydrogen (secondary N) is 2. The Morgan fingerprint density at radius 2 is 1.67 bits per heavy atom. The number of benzene rings is 1. The first kappa shape index (κ1) is 25.6. The van der Waals surface area contributed by atoms with Crippen LogP contribution >= 0.6 is 0 Å². The summed E-state index contributed by atoms with van der Waals surface area (Å²) in [7, 11) is -1.26. The molecule has 0 unspecified atom stereocenters. The SMILES string of the molecule is O=C(C[C@H]1CC[C@H](NCCN(CC2CC2)CC2CC2)CC1)N[C@H]1Cc2cccc(C(=O)O)c2OB1O. The molecule has 1 heterocycles. The molecule has 1 aliphatic heterocycles. The van der Waals surface area contributed by atoms with E-state index in [9.17, 15) is 19.7 Å². The van der Waals surface area contributed by atoms with Crippen LogP contribution in [0.15, 0.2) is 18.2 Å². The summed E-state index contributed by atoms with van der Waals surface area (Å²) < 4.78 is 5.49. The highest BCUT2D eigenvalue weighted by Gasteiger charge is 2.38. The largest absolute Gasteiger partial charge is 0.547 e. The van der Waals surface area contributed by atoms with Crippen LogP contribution in [0.4, 0.5) is 0 Å². The number of carboxylic acids is 1. The van der Waals surface area contributed by atoms with E-state index in [1.54, 1.807) is 12.1 Å². The highest BCUT2D eigenvalue weighted by Crippen LogP contribution is 2.34. The summed E-state index contributed by atoms with van der Waals surface area (Å²) in [6.45, 7) is 4.78. The van der Waals surface area contributed by atoms with Crippen molar-refractivity contribution in [3.63, 3.8) is 0 Å². The van der Waals surface area contributed by atoms with Gasteiger partial charge in [-0.3, -0.25) is 4.79 Å². The third kappa shape index (κ3) is 7.02. The van der Waals surface area contributed by atoms with Crippen molar-refractivity contribution in [1.82, 2.24) is 15.5 Å². The average molecular weight is 497 g/mol. The van der Waals surface area contributed by atoms with Crippen LogP contribution in [0.2, 0.25) is 0 Å². The second kappa shape index (κ2) is 11.5. The maximum absolute atomic E-state index is 12.7. The number of carbonyl (C=O) groups excluding carboxylic acids is 1. The first-order valence-electron chi connectivity index (χ1n) is 13.9. The summed E-state index contributed by atoms with van der Waals surface area (Å²) in [5, 5.41) is 26.4. The average Bonchev–Trinajstić information content (AvgIpc) is 3.78. The van der Waals surface area contributed by atoms with Gasteiger partial charge in [0.2, 0.25) is 5.91 Å². The van der Waals surface area contributed by atoms with Crippen LogP contribution in [0.3, 0.4) is 0 Å². The lowest BCUT2D eigenvalue weighted by molar-refractivity contribution is -0.122. The fourth-order valence-electron chi connectivity index (χ4n) is 5.83. The summed E-state index contributed by atoms with van der Waals surface area (Å²) in [4.78, 5) is 26.8. The number of carboxylic acid groups (broad SMARTS) is 1. The van der Waals surface area contributed by atoms with Gasteiger partial charge in [-0.25, -0.2) is 4.79 Å².